The summed E-state index contributed by atoms with van der Waals surface area (Å²) in [6, 6.07) is 8.91. The second-order valence-corrected chi connectivity index (χ2v) is 3.85. The molecule has 0 amide bonds. The van der Waals surface area contributed by atoms with E-state index in [4.69, 9.17) is 5.11 Å². The van der Waals surface area contributed by atoms with Gasteiger partial charge in [-0.1, -0.05) is 18.2 Å². The van der Waals surface area contributed by atoms with Gasteiger partial charge in [-0.05, 0) is 23.9 Å². The minimum Gasteiger partial charge on any atom is -0.396 e. The number of aromatic nitrogens is 1. The van der Waals surface area contributed by atoms with Crippen LogP contribution in [0.4, 0.5) is 0 Å². The molecule has 0 spiro atoms. The highest BCUT2D eigenvalue weighted by molar-refractivity contribution is 5.98. The Morgan fingerprint density at radius 3 is 2.82 bits per heavy atom. The molecule has 1 aromatic heterocycles. The Morgan fingerprint density at radius 2 is 2.06 bits per heavy atom. The van der Waals surface area contributed by atoms with Gasteiger partial charge in [-0.25, -0.2) is 0 Å². The lowest BCUT2D eigenvalue weighted by molar-refractivity contribution is 0.0970. The van der Waals surface area contributed by atoms with Gasteiger partial charge >= 0.3 is 0 Å². The number of Topliss-reactive ketones (excluding diaryl/α,β-unsaturated/α-hetero) is 1. The number of pyridine rings is 1. The fourth-order valence-corrected chi connectivity index (χ4v) is 1.73. The molecule has 0 aliphatic heterocycles. The molecule has 0 saturated carbocycles. The van der Waals surface area contributed by atoms with E-state index >= 15 is 0 Å². The van der Waals surface area contributed by atoms with Crippen molar-refractivity contribution < 1.29 is 9.90 Å². The molecular formula is C13H13NO3. The summed E-state index contributed by atoms with van der Waals surface area (Å²) in [6.07, 6.45) is 0.572. The first-order valence-corrected chi connectivity index (χ1v) is 5.48. The molecule has 1 aromatic carbocycles. The predicted molar refractivity (Wildman–Crippen MR) is 65.2 cm³/mol. The van der Waals surface area contributed by atoms with Crippen LogP contribution in [0.25, 0.3) is 10.9 Å². The summed E-state index contributed by atoms with van der Waals surface area (Å²) >= 11 is 0. The van der Waals surface area contributed by atoms with Crippen molar-refractivity contribution in [2.75, 3.05) is 6.61 Å². The molecule has 4 nitrogen and oxygen atoms in total. The molecule has 0 unspecified atom stereocenters. The van der Waals surface area contributed by atoms with Crippen molar-refractivity contribution in [3.63, 3.8) is 0 Å². The number of aliphatic hydroxyl groups is 1. The van der Waals surface area contributed by atoms with Crippen molar-refractivity contribution >= 4 is 16.7 Å². The average molecular weight is 231 g/mol. The summed E-state index contributed by atoms with van der Waals surface area (Å²) in [4.78, 5) is 26.1. The van der Waals surface area contributed by atoms with E-state index in [1.54, 1.807) is 12.1 Å². The van der Waals surface area contributed by atoms with E-state index in [9.17, 15) is 9.59 Å². The molecule has 4 heteroatoms. The number of aliphatic hydroxyl groups excluding tert-OH is 1. The first-order chi connectivity index (χ1) is 8.22. The minimum atomic E-state index is -0.369. The summed E-state index contributed by atoms with van der Waals surface area (Å²) < 4.78 is 0. The molecular weight excluding hydrogens is 218 g/mol. The number of rotatable bonds is 4. The second-order valence-electron chi connectivity index (χ2n) is 3.85. The fourth-order valence-electron chi connectivity index (χ4n) is 1.73. The SMILES string of the molecule is O=C(CCCO)c1cc2ccccc2[nH]c1=O. The van der Waals surface area contributed by atoms with Crippen LogP contribution in [0.5, 0.6) is 0 Å². The Kier molecular flexibility index (Phi) is 3.35. The second kappa shape index (κ2) is 4.93. The molecule has 0 radical (unpaired) electrons. The normalized spacial score (nSPS) is 10.6. The molecule has 0 saturated heterocycles. The molecule has 0 bridgehead atoms. The molecule has 2 aromatic rings. The molecule has 1 heterocycles. The quantitative estimate of drug-likeness (QED) is 0.783. The Morgan fingerprint density at radius 1 is 1.29 bits per heavy atom. The lowest BCUT2D eigenvalue weighted by Crippen LogP contribution is -2.17. The summed E-state index contributed by atoms with van der Waals surface area (Å²) in [6.45, 7) is -0.0444. The standard InChI is InChI=1S/C13H13NO3/c15-7-3-6-12(16)10-8-9-4-1-2-5-11(9)14-13(10)17/h1-2,4-5,8,15H,3,6-7H2,(H,14,17). The Bertz CT molecular complexity index is 601. The molecule has 0 fully saturated rings. The molecule has 0 atom stereocenters. The number of H-pyrrole nitrogens is 1. The van der Waals surface area contributed by atoms with Crippen LogP contribution < -0.4 is 5.56 Å². The van der Waals surface area contributed by atoms with E-state index in [-0.39, 0.29) is 29.9 Å². The van der Waals surface area contributed by atoms with Gasteiger partial charge < -0.3 is 10.1 Å². The number of benzene rings is 1. The van der Waals surface area contributed by atoms with Gasteiger partial charge in [-0.2, -0.15) is 0 Å². The van der Waals surface area contributed by atoms with E-state index in [1.807, 2.05) is 18.2 Å². The summed E-state index contributed by atoms with van der Waals surface area (Å²) in [7, 11) is 0. The van der Waals surface area contributed by atoms with Crippen LogP contribution in [0.1, 0.15) is 23.2 Å². The van der Waals surface area contributed by atoms with Gasteiger partial charge in [0.2, 0.25) is 0 Å². The highest BCUT2D eigenvalue weighted by atomic mass is 16.3. The molecule has 88 valence electrons. The van der Waals surface area contributed by atoms with Crippen molar-refractivity contribution in [2.45, 2.75) is 12.8 Å². The van der Waals surface area contributed by atoms with Crippen molar-refractivity contribution in [1.29, 1.82) is 0 Å². The van der Waals surface area contributed by atoms with Gasteiger partial charge in [0.1, 0.15) is 0 Å². The zero-order valence-electron chi connectivity index (χ0n) is 9.27. The van der Waals surface area contributed by atoms with Crippen LogP contribution in [0.15, 0.2) is 35.1 Å². The Labute approximate surface area is 97.9 Å². The largest absolute Gasteiger partial charge is 0.396 e. The van der Waals surface area contributed by atoms with Crippen molar-refractivity contribution in [3.8, 4) is 0 Å². The van der Waals surface area contributed by atoms with E-state index in [1.165, 1.54) is 0 Å². The van der Waals surface area contributed by atoms with Gasteiger partial charge in [0, 0.05) is 18.5 Å². The van der Waals surface area contributed by atoms with Crippen molar-refractivity contribution in [3.05, 3.63) is 46.2 Å². The maximum atomic E-state index is 11.7. The molecule has 2 rings (SSSR count). The monoisotopic (exact) mass is 231 g/mol. The number of carbonyl (C=O) groups excluding carboxylic acids is 1. The maximum absolute atomic E-state index is 11.7. The highest BCUT2D eigenvalue weighted by Gasteiger charge is 2.10. The van der Waals surface area contributed by atoms with Gasteiger partial charge in [0.25, 0.3) is 5.56 Å². The number of hydrogen-bond acceptors (Lipinski definition) is 3. The lowest BCUT2D eigenvalue weighted by Gasteiger charge is -2.02. The van der Waals surface area contributed by atoms with Crippen LogP contribution in [-0.2, 0) is 0 Å². The van der Waals surface area contributed by atoms with Crippen molar-refractivity contribution in [1.82, 2.24) is 4.98 Å². The average Bonchev–Trinajstić information content (AvgIpc) is 2.35. The Hall–Kier alpha value is -1.94. The molecule has 2 N–H and O–H groups in total. The molecule has 17 heavy (non-hydrogen) atoms. The van der Waals surface area contributed by atoms with E-state index in [0.29, 0.717) is 6.42 Å². The lowest BCUT2D eigenvalue weighted by atomic mass is 10.1. The first kappa shape index (κ1) is 11.5. The van der Waals surface area contributed by atoms with Gasteiger partial charge in [0.15, 0.2) is 5.78 Å². The van der Waals surface area contributed by atoms with Crippen LogP contribution in [0, 0.1) is 0 Å². The van der Waals surface area contributed by atoms with Crippen LogP contribution >= 0.6 is 0 Å². The molecule has 0 aliphatic rings. The number of aromatic amines is 1. The van der Waals surface area contributed by atoms with Gasteiger partial charge in [0.05, 0.1) is 5.56 Å². The minimum absolute atomic E-state index is 0.0444. The number of hydrogen-bond donors (Lipinski definition) is 2. The third-order valence-corrected chi connectivity index (χ3v) is 2.62. The van der Waals surface area contributed by atoms with Crippen LogP contribution in [-0.4, -0.2) is 22.5 Å². The van der Waals surface area contributed by atoms with Crippen LogP contribution in [0.3, 0.4) is 0 Å². The van der Waals surface area contributed by atoms with Crippen molar-refractivity contribution in [2.24, 2.45) is 0 Å². The summed E-state index contributed by atoms with van der Waals surface area (Å²) in [5, 5.41) is 9.50. The predicted octanol–water partition coefficient (Wildman–Crippen LogP) is 1.48. The molecule has 0 aliphatic carbocycles. The van der Waals surface area contributed by atoms with Gasteiger partial charge in [-0.3, -0.25) is 9.59 Å². The third kappa shape index (κ3) is 2.42. The van der Waals surface area contributed by atoms with E-state index in [0.717, 1.165) is 10.9 Å². The number of nitrogens with one attached hydrogen (secondary N) is 1. The van der Waals surface area contributed by atoms with Gasteiger partial charge in [-0.15, -0.1) is 0 Å². The number of carbonyl (C=O) groups is 1. The third-order valence-electron chi connectivity index (χ3n) is 2.62. The zero-order chi connectivity index (χ0) is 12.3. The summed E-state index contributed by atoms with van der Waals surface area (Å²) in [5.41, 5.74) is 0.514. The number of ketones is 1. The summed E-state index contributed by atoms with van der Waals surface area (Å²) in [5.74, 6) is -0.231. The smallest absolute Gasteiger partial charge is 0.259 e. The fraction of sp³-hybridized carbons (Fsp3) is 0.231. The van der Waals surface area contributed by atoms with E-state index < -0.39 is 0 Å². The van der Waals surface area contributed by atoms with E-state index in [2.05, 4.69) is 4.98 Å². The Balaban J connectivity index is 2.44. The first-order valence-electron chi connectivity index (χ1n) is 5.48. The topological polar surface area (TPSA) is 70.2 Å². The maximum Gasteiger partial charge on any atom is 0.259 e. The zero-order valence-corrected chi connectivity index (χ0v) is 9.27. The van der Waals surface area contributed by atoms with Crippen LogP contribution in [0.2, 0.25) is 0 Å². The number of para-hydroxylation sites is 1. The highest BCUT2D eigenvalue weighted by Crippen LogP contribution is 2.11. The number of fused-ring (bicyclic) bond motifs is 1.